The molecule has 180 valence electrons. The summed E-state index contributed by atoms with van der Waals surface area (Å²) in [6, 6.07) is 8.70. The van der Waals surface area contributed by atoms with E-state index in [-0.39, 0.29) is 18.1 Å². The fourth-order valence-corrected chi connectivity index (χ4v) is 5.07. The average molecular weight is 636 g/mol. The molecule has 2 amide bonds. The van der Waals surface area contributed by atoms with E-state index in [2.05, 4.69) is 22.6 Å². The van der Waals surface area contributed by atoms with Crippen molar-refractivity contribution >= 4 is 80.7 Å². The minimum Gasteiger partial charge on any atom is -0.490 e. The number of carbonyl (C=O) groups excluding carboxylic acids is 3. The second-order valence-electron chi connectivity index (χ2n) is 6.86. The SMILES string of the molecule is CCOC(=O)CN1C(=O)S/C(=C/c2cc(I)c(OCc3ccc(Cl)cc3Cl)c(OCC)c2)C1=O. The van der Waals surface area contributed by atoms with Crippen LogP contribution in [0, 0.1) is 3.57 Å². The third-order valence-electron chi connectivity index (χ3n) is 4.48. The number of carbonyl (C=O) groups is 3. The molecule has 1 saturated heterocycles. The van der Waals surface area contributed by atoms with E-state index in [1.807, 2.05) is 6.92 Å². The zero-order chi connectivity index (χ0) is 24.8. The van der Waals surface area contributed by atoms with Crippen LogP contribution in [0.3, 0.4) is 0 Å². The van der Waals surface area contributed by atoms with Crippen molar-refractivity contribution in [2.75, 3.05) is 19.8 Å². The molecule has 7 nitrogen and oxygen atoms in total. The molecule has 1 aliphatic heterocycles. The van der Waals surface area contributed by atoms with Crippen LogP contribution >= 0.6 is 57.6 Å². The number of hydrogen-bond acceptors (Lipinski definition) is 7. The molecule has 0 aromatic heterocycles. The Bertz CT molecular complexity index is 1160. The summed E-state index contributed by atoms with van der Waals surface area (Å²) in [6.07, 6.45) is 1.58. The summed E-state index contributed by atoms with van der Waals surface area (Å²) in [5.41, 5.74) is 1.41. The molecule has 3 rings (SSSR count). The third kappa shape index (κ3) is 6.59. The van der Waals surface area contributed by atoms with Crippen molar-refractivity contribution in [1.82, 2.24) is 4.90 Å². The van der Waals surface area contributed by atoms with Crippen LogP contribution in [-0.2, 0) is 20.9 Å². The van der Waals surface area contributed by atoms with Crippen molar-refractivity contribution in [1.29, 1.82) is 0 Å². The van der Waals surface area contributed by atoms with Gasteiger partial charge in [0.25, 0.3) is 11.1 Å². The van der Waals surface area contributed by atoms with Gasteiger partial charge in [0.05, 0.1) is 21.7 Å². The van der Waals surface area contributed by atoms with Gasteiger partial charge in [-0.05, 0) is 84.1 Å². The summed E-state index contributed by atoms with van der Waals surface area (Å²) < 4.78 is 17.3. The molecule has 0 spiro atoms. The highest BCUT2D eigenvalue weighted by molar-refractivity contribution is 14.1. The van der Waals surface area contributed by atoms with E-state index in [1.54, 1.807) is 43.3 Å². The predicted molar refractivity (Wildman–Crippen MR) is 140 cm³/mol. The molecule has 0 aliphatic carbocycles. The average Bonchev–Trinajstić information content (AvgIpc) is 3.02. The second kappa shape index (κ2) is 12.1. The first-order valence-corrected chi connectivity index (χ1v) is 12.8. The molecular weight excluding hydrogens is 616 g/mol. The quantitative estimate of drug-likeness (QED) is 0.185. The molecule has 0 bridgehead atoms. The van der Waals surface area contributed by atoms with Gasteiger partial charge in [0.2, 0.25) is 0 Å². The maximum atomic E-state index is 12.7. The van der Waals surface area contributed by atoms with Crippen LogP contribution < -0.4 is 9.47 Å². The zero-order valence-electron chi connectivity index (χ0n) is 18.2. The van der Waals surface area contributed by atoms with Crippen LogP contribution in [0.1, 0.15) is 25.0 Å². The van der Waals surface area contributed by atoms with Gasteiger partial charge in [0.1, 0.15) is 13.2 Å². The highest BCUT2D eigenvalue weighted by atomic mass is 127. The molecule has 0 unspecified atom stereocenters. The lowest BCUT2D eigenvalue weighted by molar-refractivity contribution is -0.145. The maximum Gasteiger partial charge on any atom is 0.326 e. The number of amides is 2. The molecule has 2 aromatic rings. The second-order valence-corrected chi connectivity index (χ2v) is 9.86. The number of benzene rings is 2. The monoisotopic (exact) mass is 635 g/mol. The fourth-order valence-electron chi connectivity index (χ4n) is 2.99. The standard InChI is InChI=1S/C23H20Cl2INO6S/c1-3-31-18-8-13(9-19-22(29)27(23(30)34-19)11-20(28)32-4-2)7-17(26)21(18)33-12-14-5-6-15(24)10-16(14)25/h5-10H,3-4,11-12H2,1-2H3/b19-9+. The number of esters is 1. The van der Waals surface area contributed by atoms with Crippen LogP contribution in [0.15, 0.2) is 35.2 Å². The molecule has 1 heterocycles. The summed E-state index contributed by atoms with van der Waals surface area (Å²) >= 11 is 15.1. The molecule has 2 aromatic carbocycles. The zero-order valence-corrected chi connectivity index (χ0v) is 22.7. The Morgan fingerprint density at radius 3 is 2.56 bits per heavy atom. The molecule has 34 heavy (non-hydrogen) atoms. The number of halogens is 3. The highest BCUT2D eigenvalue weighted by Crippen LogP contribution is 2.38. The van der Waals surface area contributed by atoms with Crippen molar-refractivity contribution in [2.45, 2.75) is 20.5 Å². The molecule has 0 radical (unpaired) electrons. The van der Waals surface area contributed by atoms with E-state index >= 15 is 0 Å². The summed E-state index contributed by atoms with van der Waals surface area (Å²) in [4.78, 5) is 37.7. The van der Waals surface area contributed by atoms with Crippen LogP contribution in [0.4, 0.5) is 4.79 Å². The summed E-state index contributed by atoms with van der Waals surface area (Å²) in [5, 5.41) is 0.508. The lowest BCUT2D eigenvalue weighted by Crippen LogP contribution is -2.34. The number of ether oxygens (including phenoxy) is 3. The fraction of sp³-hybridized carbons (Fsp3) is 0.261. The number of imide groups is 1. The minimum atomic E-state index is -0.637. The Hall–Kier alpha value is -1.95. The van der Waals surface area contributed by atoms with Gasteiger partial charge in [-0.25, -0.2) is 0 Å². The summed E-state index contributed by atoms with van der Waals surface area (Å²) in [5.74, 6) is -0.173. The Morgan fingerprint density at radius 1 is 1.12 bits per heavy atom. The molecule has 11 heteroatoms. The number of nitrogens with zero attached hydrogens (tertiary/aromatic N) is 1. The van der Waals surface area contributed by atoms with Crippen molar-refractivity contribution < 1.29 is 28.6 Å². The normalized spacial score (nSPS) is 14.6. The van der Waals surface area contributed by atoms with E-state index in [0.717, 1.165) is 25.8 Å². The van der Waals surface area contributed by atoms with Gasteiger partial charge >= 0.3 is 5.97 Å². The molecule has 0 saturated carbocycles. The maximum absolute atomic E-state index is 12.7. The predicted octanol–water partition coefficient (Wildman–Crippen LogP) is 6.18. The van der Waals surface area contributed by atoms with Gasteiger partial charge < -0.3 is 14.2 Å². The number of rotatable bonds is 9. The van der Waals surface area contributed by atoms with Crippen LogP contribution in [0.2, 0.25) is 10.0 Å². The van der Waals surface area contributed by atoms with Crippen LogP contribution in [-0.4, -0.2) is 41.8 Å². The minimum absolute atomic E-state index is 0.169. The highest BCUT2D eigenvalue weighted by Gasteiger charge is 2.36. The largest absolute Gasteiger partial charge is 0.490 e. The Balaban J connectivity index is 1.83. The Labute approximate surface area is 224 Å². The van der Waals surface area contributed by atoms with E-state index in [1.165, 1.54) is 0 Å². The van der Waals surface area contributed by atoms with Gasteiger partial charge in [0, 0.05) is 15.6 Å². The molecule has 1 fully saturated rings. The molecule has 0 atom stereocenters. The smallest absolute Gasteiger partial charge is 0.326 e. The molecular formula is C23H20Cl2INO6S. The molecule has 1 aliphatic rings. The van der Waals surface area contributed by atoms with E-state index in [9.17, 15) is 14.4 Å². The van der Waals surface area contributed by atoms with Crippen molar-refractivity contribution in [3.63, 3.8) is 0 Å². The molecule has 0 N–H and O–H groups in total. The van der Waals surface area contributed by atoms with E-state index in [0.29, 0.717) is 33.7 Å². The van der Waals surface area contributed by atoms with Gasteiger partial charge in [-0.15, -0.1) is 0 Å². The third-order valence-corrected chi connectivity index (χ3v) is 6.78. The van der Waals surface area contributed by atoms with Gasteiger partial charge in [0.15, 0.2) is 11.5 Å². The Kier molecular flexibility index (Phi) is 9.52. The van der Waals surface area contributed by atoms with Gasteiger partial charge in [-0.1, -0.05) is 29.3 Å². The number of thioether (sulfide) groups is 1. The van der Waals surface area contributed by atoms with E-state index in [4.69, 9.17) is 37.4 Å². The van der Waals surface area contributed by atoms with E-state index < -0.39 is 23.7 Å². The number of hydrogen-bond donors (Lipinski definition) is 0. The lowest BCUT2D eigenvalue weighted by Gasteiger charge is -2.15. The first-order chi connectivity index (χ1) is 16.2. The lowest BCUT2D eigenvalue weighted by atomic mass is 10.1. The first kappa shape index (κ1) is 26.7. The van der Waals surface area contributed by atoms with Crippen LogP contribution in [0.5, 0.6) is 11.5 Å². The summed E-state index contributed by atoms with van der Waals surface area (Å²) in [7, 11) is 0. The summed E-state index contributed by atoms with van der Waals surface area (Å²) in [6.45, 7) is 3.85. The first-order valence-electron chi connectivity index (χ1n) is 10.2. The van der Waals surface area contributed by atoms with Crippen molar-refractivity contribution in [2.24, 2.45) is 0 Å². The van der Waals surface area contributed by atoms with Gasteiger partial charge in [-0.2, -0.15) is 0 Å². The topological polar surface area (TPSA) is 82.1 Å². The van der Waals surface area contributed by atoms with Crippen molar-refractivity contribution in [3.8, 4) is 11.5 Å². The van der Waals surface area contributed by atoms with Crippen molar-refractivity contribution in [3.05, 3.63) is 60.0 Å². The van der Waals surface area contributed by atoms with Gasteiger partial charge in [-0.3, -0.25) is 19.3 Å². The Morgan fingerprint density at radius 2 is 1.88 bits per heavy atom. The van der Waals surface area contributed by atoms with Crippen LogP contribution in [0.25, 0.3) is 6.08 Å².